The van der Waals surface area contributed by atoms with Crippen LogP contribution in [0.25, 0.3) is 10.2 Å². The largest absolute Gasteiger partial charge is 0.370 e. The van der Waals surface area contributed by atoms with Crippen LogP contribution in [0.4, 0.5) is 5.13 Å². The molecule has 1 aromatic carbocycles. The Bertz CT molecular complexity index is 590. The van der Waals surface area contributed by atoms with Crippen molar-refractivity contribution in [3.63, 3.8) is 0 Å². The zero-order valence-electron chi connectivity index (χ0n) is 12.2. The van der Waals surface area contributed by atoms with Gasteiger partial charge in [0.1, 0.15) is 31.7 Å². The normalized spacial score (nSPS) is 16.7. The lowest BCUT2D eigenvalue weighted by Gasteiger charge is -2.22. The van der Waals surface area contributed by atoms with Crippen LogP contribution >= 0.6 is 11.3 Å². The molecule has 108 valence electrons. The number of ether oxygens (including phenoxy) is 1. The number of thiazole rings is 1. The third-order valence-electron chi connectivity index (χ3n) is 4.11. The van der Waals surface area contributed by atoms with Gasteiger partial charge in [-0.15, -0.1) is 0 Å². The van der Waals surface area contributed by atoms with E-state index in [1.54, 1.807) is 16.2 Å². The molecule has 1 aliphatic heterocycles. The van der Waals surface area contributed by atoms with Crippen molar-refractivity contribution >= 4 is 26.7 Å². The monoisotopic (exact) mass is 293 g/mol. The third-order valence-corrected chi connectivity index (χ3v) is 5.12. The number of H-pyrrole nitrogens is 1. The van der Waals surface area contributed by atoms with Gasteiger partial charge < -0.3 is 9.64 Å². The van der Waals surface area contributed by atoms with Crippen molar-refractivity contribution < 1.29 is 14.6 Å². The summed E-state index contributed by atoms with van der Waals surface area (Å²) in [6.07, 6.45) is 0. The summed E-state index contributed by atoms with van der Waals surface area (Å²) in [5, 5.41) is 4.70. The summed E-state index contributed by atoms with van der Waals surface area (Å²) >= 11 is 1.81. The van der Waals surface area contributed by atoms with Crippen LogP contribution in [0.3, 0.4) is 0 Å². The van der Waals surface area contributed by atoms with Crippen LogP contribution < -0.4 is 15.2 Å². The van der Waals surface area contributed by atoms with Gasteiger partial charge in [-0.3, -0.25) is 5.32 Å². The molecule has 0 spiro atoms. The number of hydrogen-bond acceptors (Lipinski definition) is 3. The zero-order chi connectivity index (χ0) is 13.9. The van der Waals surface area contributed by atoms with Crippen molar-refractivity contribution in [1.82, 2.24) is 0 Å². The Balaban J connectivity index is 1.61. The summed E-state index contributed by atoms with van der Waals surface area (Å²) in [5.74, 6) is 0. The number of aromatic nitrogens is 1. The lowest BCUT2D eigenvalue weighted by atomic mass is 10.1. The van der Waals surface area contributed by atoms with Gasteiger partial charge in [0.15, 0.2) is 0 Å². The first-order valence-corrected chi connectivity index (χ1v) is 8.13. The fourth-order valence-corrected chi connectivity index (χ4v) is 3.61. The molecule has 2 heterocycles. The van der Waals surface area contributed by atoms with E-state index in [4.69, 9.17) is 4.74 Å². The van der Waals surface area contributed by atoms with E-state index < -0.39 is 0 Å². The van der Waals surface area contributed by atoms with Crippen molar-refractivity contribution in [2.75, 3.05) is 44.7 Å². The van der Waals surface area contributed by atoms with Crippen molar-refractivity contribution in [1.29, 1.82) is 0 Å². The number of anilines is 1. The minimum atomic E-state index is 0.906. The molecule has 0 aliphatic carbocycles. The third kappa shape index (κ3) is 2.95. The summed E-state index contributed by atoms with van der Waals surface area (Å²) in [5.41, 5.74) is 3.97. The Morgan fingerprint density at radius 2 is 2.10 bits per heavy atom. The van der Waals surface area contributed by atoms with Crippen molar-refractivity contribution in [2.24, 2.45) is 0 Å². The number of aromatic amines is 1. The van der Waals surface area contributed by atoms with Gasteiger partial charge in [-0.05, 0) is 36.8 Å². The number of fused-ring (bicyclic) bond motifs is 1. The van der Waals surface area contributed by atoms with Crippen LogP contribution in [-0.4, -0.2) is 39.4 Å². The van der Waals surface area contributed by atoms with Crippen LogP contribution in [0.1, 0.15) is 11.1 Å². The molecule has 3 rings (SSSR count). The van der Waals surface area contributed by atoms with Crippen LogP contribution in [0.15, 0.2) is 12.1 Å². The number of hydrogen-bond donors (Lipinski definition) is 2. The molecule has 0 radical (unpaired) electrons. The number of nitrogens with one attached hydrogen (secondary N) is 3. The molecule has 5 heteroatoms. The topological polar surface area (TPSA) is 39.8 Å². The average Bonchev–Trinajstić information content (AvgIpc) is 2.88. The molecule has 0 atom stereocenters. The maximum Gasteiger partial charge on any atom is 0.332 e. The van der Waals surface area contributed by atoms with Gasteiger partial charge in [-0.1, -0.05) is 6.07 Å². The number of aryl methyl sites for hydroxylation is 2. The van der Waals surface area contributed by atoms with Crippen LogP contribution in [0.2, 0.25) is 0 Å². The molecule has 1 aromatic heterocycles. The molecule has 3 N–H and O–H groups in total. The first kappa shape index (κ1) is 13.8. The van der Waals surface area contributed by atoms with Gasteiger partial charge in [0, 0.05) is 5.56 Å². The fraction of sp³-hybridized carbons (Fsp3) is 0.533. The molecule has 1 fully saturated rings. The molecular formula is C15H23N3OS+2. The van der Waals surface area contributed by atoms with Gasteiger partial charge in [0.2, 0.25) is 0 Å². The van der Waals surface area contributed by atoms with E-state index in [0.29, 0.717) is 0 Å². The van der Waals surface area contributed by atoms with Gasteiger partial charge >= 0.3 is 5.13 Å². The van der Waals surface area contributed by atoms with Crippen molar-refractivity contribution in [3.8, 4) is 0 Å². The van der Waals surface area contributed by atoms with E-state index in [1.165, 1.54) is 26.5 Å². The Morgan fingerprint density at radius 1 is 1.30 bits per heavy atom. The predicted octanol–water partition coefficient (Wildman–Crippen LogP) is 0.659. The standard InChI is InChI=1S/C15H21N3OS/c1-11-3-4-13-14(12(11)2)17-15(20-13)16-5-6-18-7-9-19-10-8-18/h3-4H,5-10H2,1-2H3,(H,16,17)/p+2. The van der Waals surface area contributed by atoms with E-state index in [1.807, 2.05) is 0 Å². The highest BCUT2D eigenvalue weighted by atomic mass is 32.1. The Morgan fingerprint density at radius 3 is 2.90 bits per heavy atom. The van der Waals surface area contributed by atoms with Gasteiger partial charge in [-0.25, -0.2) is 4.98 Å². The fourth-order valence-electron chi connectivity index (χ4n) is 2.62. The summed E-state index contributed by atoms with van der Waals surface area (Å²) in [4.78, 5) is 5.15. The highest BCUT2D eigenvalue weighted by molar-refractivity contribution is 7.21. The molecule has 1 aliphatic rings. The predicted molar refractivity (Wildman–Crippen MR) is 82.7 cm³/mol. The molecule has 0 unspecified atom stereocenters. The number of rotatable bonds is 4. The quantitative estimate of drug-likeness (QED) is 0.869. The first-order valence-electron chi connectivity index (χ1n) is 7.31. The Labute approximate surface area is 123 Å². The molecule has 0 amide bonds. The summed E-state index contributed by atoms with van der Waals surface area (Å²) in [6.45, 7) is 10.6. The van der Waals surface area contributed by atoms with Crippen molar-refractivity contribution in [3.05, 3.63) is 23.3 Å². The molecule has 0 saturated carbocycles. The molecule has 20 heavy (non-hydrogen) atoms. The average molecular weight is 293 g/mol. The smallest absolute Gasteiger partial charge is 0.332 e. The van der Waals surface area contributed by atoms with E-state index in [0.717, 1.165) is 39.4 Å². The SMILES string of the molecule is Cc1ccc2sc(NCC[NH+]3CCOCC3)[nH+]c2c1C. The zero-order valence-corrected chi connectivity index (χ0v) is 13.0. The van der Waals surface area contributed by atoms with Gasteiger partial charge in [0.25, 0.3) is 0 Å². The highest BCUT2D eigenvalue weighted by Gasteiger charge is 2.16. The van der Waals surface area contributed by atoms with Crippen LogP contribution in [-0.2, 0) is 4.74 Å². The maximum absolute atomic E-state index is 5.38. The maximum atomic E-state index is 5.38. The second-order valence-corrected chi connectivity index (χ2v) is 6.53. The van der Waals surface area contributed by atoms with E-state index in [9.17, 15) is 0 Å². The second-order valence-electron chi connectivity index (χ2n) is 5.48. The second kappa shape index (κ2) is 6.08. The molecule has 1 saturated heterocycles. The van der Waals surface area contributed by atoms with E-state index in [-0.39, 0.29) is 0 Å². The minimum absolute atomic E-state index is 0.906. The molecular weight excluding hydrogens is 270 g/mol. The summed E-state index contributed by atoms with van der Waals surface area (Å²) in [6, 6.07) is 4.40. The lowest BCUT2D eigenvalue weighted by Crippen LogP contribution is -3.14. The molecule has 2 aromatic rings. The Kier molecular flexibility index (Phi) is 4.19. The minimum Gasteiger partial charge on any atom is -0.370 e. The summed E-state index contributed by atoms with van der Waals surface area (Å²) < 4.78 is 6.71. The lowest BCUT2D eigenvalue weighted by molar-refractivity contribution is -0.906. The molecule has 4 nitrogen and oxygen atoms in total. The summed E-state index contributed by atoms with van der Waals surface area (Å²) in [7, 11) is 0. The Hall–Kier alpha value is -1.17. The van der Waals surface area contributed by atoms with Crippen LogP contribution in [0, 0.1) is 13.8 Å². The molecule has 0 bridgehead atoms. The van der Waals surface area contributed by atoms with E-state index in [2.05, 4.69) is 36.3 Å². The number of morpholine rings is 1. The van der Waals surface area contributed by atoms with E-state index >= 15 is 0 Å². The van der Waals surface area contributed by atoms with Crippen LogP contribution in [0.5, 0.6) is 0 Å². The van der Waals surface area contributed by atoms with Gasteiger partial charge in [0.05, 0.1) is 17.9 Å². The van der Waals surface area contributed by atoms with Crippen molar-refractivity contribution in [2.45, 2.75) is 13.8 Å². The highest BCUT2D eigenvalue weighted by Crippen LogP contribution is 2.25. The first-order chi connectivity index (χ1) is 9.74. The number of benzene rings is 1. The van der Waals surface area contributed by atoms with Gasteiger partial charge in [-0.2, -0.15) is 0 Å². The number of quaternary nitrogens is 1.